The van der Waals surface area contributed by atoms with Crippen molar-refractivity contribution in [1.82, 2.24) is 9.80 Å². The summed E-state index contributed by atoms with van der Waals surface area (Å²) in [6.07, 6.45) is -0.604. The summed E-state index contributed by atoms with van der Waals surface area (Å²) in [4.78, 5) is 27.4. The molecule has 3 unspecified atom stereocenters. The lowest BCUT2D eigenvalue weighted by atomic mass is 10.1. The van der Waals surface area contributed by atoms with Crippen LogP contribution in [0.15, 0.2) is 18.2 Å². The standard InChI is InChI=1S/C17H20F2N2O3/c1-10(22)16(23)20-5-7-21(8-6-20)17(24)12-9-11(12)15-13(18)3-2-4-14(15)19/h2-4,10-12,22H,5-9H2,1H3. The molecule has 1 saturated carbocycles. The number of amides is 2. The molecule has 1 N–H and O–H groups in total. The summed E-state index contributed by atoms with van der Waals surface area (Å²) < 4.78 is 27.6. The second kappa shape index (κ2) is 6.47. The van der Waals surface area contributed by atoms with Gasteiger partial charge in [-0.2, -0.15) is 0 Å². The van der Waals surface area contributed by atoms with Crippen LogP contribution < -0.4 is 0 Å². The molecule has 0 aromatic heterocycles. The normalized spacial score (nSPS) is 24.7. The summed E-state index contributed by atoms with van der Waals surface area (Å²) in [6, 6.07) is 3.73. The molecule has 24 heavy (non-hydrogen) atoms. The Labute approximate surface area is 138 Å². The van der Waals surface area contributed by atoms with Gasteiger partial charge in [-0.05, 0) is 25.5 Å². The van der Waals surface area contributed by atoms with E-state index < -0.39 is 29.6 Å². The fourth-order valence-corrected chi connectivity index (χ4v) is 3.30. The second-order valence-electron chi connectivity index (χ2n) is 6.41. The Kier molecular flexibility index (Phi) is 4.54. The summed E-state index contributed by atoms with van der Waals surface area (Å²) in [5.41, 5.74) is -0.00114. The molecule has 0 radical (unpaired) electrons. The predicted octanol–water partition coefficient (Wildman–Crippen LogP) is 1.12. The predicted molar refractivity (Wildman–Crippen MR) is 82.0 cm³/mol. The molecular formula is C17H20F2N2O3. The van der Waals surface area contributed by atoms with Crippen LogP contribution in [0.2, 0.25) is 0 Å². The highest BCUT2D eigenvalue weighted by Gasteiger charge is 2.48. The molecule has 0 bridgehead atoms. The zero-order chi connectivity index (χ0) is 17.4. The summed E-state index contributed by atoms with van der Waals surface area (Å²) in [7, 11) is 0. The fraction of sp³-hybridized carbons (Fsp3) is 0.529. The van der Waals surface area contributed by atoms with Gasteiger partial charge in [-0.25, -0.2) is 8.78 Å². The van der Waals surface area contributed by atoms with Crippen molar-refractivity contribution >= 4 is 11.8 Å². The van der Waals surface area contributed by atoms with E-state index in [4.69, 9.17) is 0 Å². The molecule has 3 rings (SSSR count). The van der Waals surface area contributed by atoms with Gasteiger partial charge >= 0.3 is 0 Å². The lowest BCUT2D eigenvalue weighted by Gasteiger charge is -2.35. The highest BCUT2D eigenvalue weighted by Crippen LogP contribution is 2.50. The maximum atomic E-state index is 13.8. The molecule has 1 aliphatic carbocycles. The molecule has 5 nitrogen and oxygen atoms in total. The minimum Gasteiger partial charge on any atom is -0.384 e. The topological polar surface area (TPSA) is 60.9 Å². The quantitative estimate of drug-likeness (QED) is 0.898. The average molecular weight is 338 g/mol. The molecule has 1 aromatic rings. The Morgan fingerprint density at radius 1 is 1.12 bits per heavy atom. The van der Waals surface area contributed by atoms with E-state index in [1.54, 1.807) is 4.90 Å². The van der Waals surface area contributed by atoms with Crippen LogP contribution in [0, 0.1) is 17.6 Å². The van der Waals surface area contributed by atoms with Gasteiger partial charge in [0.15, 0.2) is 0 Å². The van der Waals surface area contributed by atoms with Gasteiger partial charge in [0.05, 0.1) is 0 Å². The van der Waals surface area contributed by atoms with Crippen LogP contribution in [0.4, 0.5) is 8.78 Å². The Balaban J connectivity index is 1.59. The molecule has 7 heteroatoms. The van der Waals surface area contributed by atoms with Crippen LogP contribution in [0.1, 0.15) is 24.8 Å². The maximum Gasteiger partial charge on any atom is 0.251 e. The Bertz CT molecular complexity index is 637. The number of rotatable bonds is 3. The second-order valence-corrected chi connectivity index (χ2v) is 6.41. The van der Waals surface area contributed by atoms with E-state index in [2.05, 4.69) is 0 Å². The lowest BCUT2D eigenvalue weighted by molar-refractivity contribution is -0.145. The van der Waals surface area contributed by atoms with E-state index in [0.717, 1.165) is 0 Å². The molecule has 2 fully saturated rings. The van der Waals surface area contributed by atoms with Crippen molar-refractivity contribution in [2.45, 2.75) is 25.4 Å². The van der Waals surface area contributed by atoms with Crippen molar-refractivity contribution in [3.63, 3.8) is 0 Å². The molecule has 1 aliphatic heterocycles. The van der Waals surface area contributed by atoms with Gasteiger partial charge in [-0.15, -0.1) is 0 Å². The van der Waals surface area contributed by atoms with Crippen LogP contribution >= 0.6 is 0 Å². The van der Waals surface area contributed by atoms with Crippen molar-refractivity contribution in [1.29, 1.82) is 0 Å². The van der Waals surface area contributed by atoms with Crippen LogP contribution in [-0.4, -0.2) is 59.0 Å². The third kappa shape index (κ3) is 3.13. The monoisotopic (exact) mass is 338 g/mol. The number of aliphatic hydroxyl groups excluding tert-OH is 1. The van der Waals surface area contributed by atoms with Gasteiger partial charge in [0.2, 0.25) is 5.91 Å². The summed E-state index contributed by atoms with van der Waals surface area (Å²) >= 11 is 0. The van der Waals surface area contributed by atoms with E-state index in [9.17, 15) is 23.5 Å². The first-order valence-corrected chi connectivity index (χ1v) is 8.09. The Hall–Kier alpha value is -2.02. The van der Waals surface area contributed by atoms with Crippen LogP contribution in [0.5, 0.6) is 0 Å². The van der Waals surface area contributed by atoms with Gasteiger partial charge in [-0.3, -0.25) is 9.59 Å². The molecule has 130 valence electrons. The lowest BCUT2D eigenvalue weighted by Crippen LogP contribution is -2.52. The number of hydrogen-bond acceptors (Lipinski definition) is 3. The number of piperazine rings is 1. The van der Waals surface area contributed by atoms with Crippen LogP contribution in [-0.2, 0) is 9.59 Å². The Morgan fingerprint density at radius 3 is 2.21 bits per heavy atom. The molecule has 3 atom stereocenters. The zero-order valence-corrected chi connectivity index (χ0v) is 13.4. The average Bonchev–Trinajstić information content (AvgIpc) is 3.33. The first-order valence-electron chi connectivity index (χ1n) is 8.09. The van der Waals surface area contributed by atoms with Gasteiger partial charge in [0.1, 0.15) is 17.7 Å². The van der Waals surface area contributed by atoms with Gasteiger partial charge in [0.25, 0.3) is 5.91 Å². The SMILES string of the molecule is CC(O)C(=O)N1CCN(C(=O)C2CC2c2c(F)cccc2F)CC1. The van der Waals surface area contributed by atoms with Crippen LogP contribution in [0.25, 0.3) is 0 Å². The molecular weight excluding hydrogens is 318 g/mol. The minimum absolute atomic E-state index is 0.00114. The van der Waals surface area contributed by atoms with E-state index >= 15 is 0 Å². The Morgan fingerprint density at radius 2 is 1.67 bits per heavy atom. The van der Waals surface area contributed by atoms with Gasteiger partial charge in [-0.1, -0.05) is 6.07 Å². The van der Waals surface area contributed by atoms with E-state index in [1.165, 1.54) is 30.0 Å². The third-order valence-corrected chi connectivity index (χ3v) is 4.74. The number of benzene rings is 1. The van der Waals surface area contributed by atoms with Crippen molar-refractivity contribution < 1.29 is 23.5 Å². The van der Waals surface area contributed by atoms with E-state index in [1.807, 2.05) is 0 Å². The smallest absolute Gasteiger partial charge is 0.251 e. The molecule has 1 saturated heterocycles. The van der Waals surface area contributed by atoms with E-state index in [-0.39, 0.29) is 17.4 Å². The van der Waals surface area contributed by atoms with Crippen molar-refractivity contribution in [3.05, 3.63) is 35.4 Å². The molecule has 2 amide bonds. The number of halogens is 2. The fourth-order valence-electron chi connectivity index (χ4n) is 3.30. The minimum atomic E-state index is -1.05. The first-order chi connectivity index (χ1) is 11.4. The number of nitrogens with zero attached hydrogens (tertiary/aromatic N) is 2. The number of aliphatic hydroxyl groups is 1. The summed E-state index contributed by atoms with van der Waals surface area (Å²) in [5.74, 6) is -2.48. The summed E-state index contributed by atoms with van der Waals surface area (Å²) in [5, 5.41) is 9.32. The highest BCUT2D eigenvalue weighted by atomic mass is 19.1. The van der Waals surface area contributed by atoms with Crippen molar-refractivity contribution in [2.24, 2.45) is 5.92 Å². The van der Waals surface area contributed by atoms with Gasteiger partial charge < -0.3 is 14.9 Å². The maximum absolute atomic E-state index is 13.8. The summed E-state index contributed by atoms with van der Waals surface area (Å²) in [6.45, 7) is 2.89. The largest absolute Gasteiger partial charge is 0.384 e. The van der Waals surface area contributed by atoms with Crippen molar-refractivity contribution in [3.8, 4) is 0 Å². The number of carbonyl (C=O) groups is 2. The van der Waals surface area contributed by atoms with Crippen molar-refractivity contribution in [2.75, 3.05) is 26.2 Å². The number of carbonyl (C=O) groups excluding carboxylic acids is 2. The molecule has 2 aliphatic rings. The zero-order valence-electron chi connectivity index (χ0n) is 13.4. The first kappa shape index (κ1) is 16.8. The molecule has 1 heterocycles. The third-order valence-electron chi connectivity index (χ3n) is 4.74. The number of hydrogen-bond donors (Lipinski definition) is 1. The van der Waals surface area contributed by atoms with E-state index in [0.29, 0.717) is 32.6 Å². The van der Waals surface area contributed by atoms with Crippen LogP contribution in [0.3, 0.4) is 0 Å². The molecule has 0 spiro atoms. The molecule has 1 aromatic carbocycles. The highest BCUT2D eigenvalue weighted by molar-refractivity contribution is 5.84. The van der Waals surface area contributed by atoms with Gasteiger partial charge in [0, 0.05) is 43.6 Å².